The summed E-state index contributed by atoms with van der Waals surface area (Å²) in [5.74, 6) is -0.401. The zero-order valence-corrected chi connectivity index (χ0v) is 17.2. The molecule has 3 heterocycles. The van der Waals surface area contributed by atoms with Gasteiger partial charge in [-0.15, -0.1) is 0 Å². The fraction of sp³-hybridized carbons (Fsp3) is 0.238. The van der Waals surface area contributed by atoms with E-state index in [4.69, 9.17) is 0 Å². The number of aliphatic imine (C=N–C) groups is 2. The minimum atomic E-state index is -3.46. The normalized spacial score (nSPS) is 21.7. The smallest absolute Gasteiger partial charge is 0.237 e. The summed E-state index contributed by atoms with van der Waals surface area (Å²) >= 11 is 0. The Morgan fingerprint density at radius 2 is 1.93 bits per heavy atom. The fourth-order valence-corrected chi connectivity index (χ4v) is 5.25. The Bertz CT molecular complexity index is 1310. The second-order valence-electron chi connectivity index (χ2n) is 7.37. The molecule has 0 saturated heterocycles. The largest absolute Gasteiger partial charge is 0.243 e. The second kappa shape index (κ2) is 6.75. The van der Waals surface area contributed by atoms with Crippen LogP contribution in [-0.2, 0) is 16.6 Å². The van der Waals surface area contributed by atoms with E-state index >= 15 is 0 Å². The molecule has 3 aliphatic rings. The van der Waals surface area contributed by atoms with Crippen LogP contribution in [0.4, 0.5) is 4.39 Å². The Morgan fingerprint density at radius 3 is 2.73 bits per heavy atom. The van der Waals surface area contributed by atoms with Gasteiger partial charge in [0.2, 0.25) is 10.0 Å². The van der Waals surface area contributed by atoms with Crippen LogP contribution >= 0.6 is 0 Å². The van der Waals surface area contributed by atoms with Gasteiger partial charge in [-0.25, -0.2) is 22.8 Å². The number of halogens is 1. The molecule has 1 atom stereocenters. The Balaban J connectivity index is 1.60. The highest BCUT2D eigenvalue weighted by atomic mass is 32.2. The molecule has 0 saturated carbocycles. The molecule has 5 rings (SSSR count). The maximum atomic E-state index is 14.7. The first-order chi connectivity index (χ1) is 14.4. The number of azo groups is 1. The molecule has 0 bridgehead atoms. The summed E-state index contributed by atoms with van der Waals surface area (Å²) in [6, 6.07) is 9.49. The van der Waals surface area contributed by atoms with Crippen molar-refractivity contribution in [1.82, 2.24) is 4.31 Å². The maximum absolute atomic E-state index is 14.7. The number of nitrogens with zero attached hydrogens (tertiary/aromatic N) is 5. The minimum Gasteiger partial charge on any atom is -0.237 e. The molecule has 0 amide bonds. The van der Waals surface area contributed by atoms with Crippen molar-refractivity contribution in [3.05, 3.63) is 59.0 Å². The zero-order chi connectivity index (χ0) is 21.0. The van der Waals surface area contributed by atoms with Crippen LogP contribution in [-0.4, -0.2) is 37.9 Å². The quantitative estimate of drug-likeness (QED) is 0.746. The Hall–Kier alpha value is -3.04. The van der Waals surface area contributed by atoms with E-state index in [-0.39, 0.29) is 17.5 Å². The maximum Gasteiger partial charge on any atom is 0.243 e. The lowest BCUT2D eigenvalue weighted by atomic mass is 9.97. The molecule has 7 nitrogen and oxygen atoms in total. The highest BCUT2D eigenvalue weighted by Crippen LogP contribution is 2.36. The topological polar surface area (TPSA) is 86.8 Å². The van der Waals surface area contributed by atoms with E-state index in [0.717, 1.165) is 12.1 Å². The van der Waals surface area contributed by atoms with Crippen LogP contribution < -0.4 is 0 Å². The number of rotatable bonds is 3. The van der Waals surface area contributed by atoms with Crippen LogP contribution in [0.15, 0.2) is 67.2 Å². The van der Waals surface area contributed by atoms with Gasteiger partial charge >= 0.3 is 0 Å². The average Bonchev–Trinajstić information content (AvgIpc) is 3.31. The van der Waals surface area contributed by atoms with Crippen molar-refractivity contribution in [1.29, 1.82) is 0 Å². The first kappa shape index (κ1) is 19.0. The van der Waals surface area contributed by atoms with Crippen molar-refractivity contribution >= 4 is 27.8 Å². The first-order valence-corrected chi connectivity index (χ1v) is 11.0. The molecule has 0 spiro atoms. The third-order valence-corrected chi connectivity index (χ3v) is 7.45. The standard InChI is InChI=1S/C21H18FN5O2S/c1-3-17-20-21(24-11-23-20)19(26-25-17)13-4-6-16(22)15(9-13)12-5-7-18-14(8-12)10-27(2)30(18,28)29/h4-9,11,17H,3,10H2,1-2H3. The molecule has 0 N–H and O–H groups in total. The van der Waals surface area contributed by atoms with Crippen LogP contribution in [0.5, 0.6) is 0 Å². The summed E-state index contributed by atoms with van der Waals surface area (Å²) < 4.78 is 40.6. The Morgan fingerprint density at radius 1 is 1.13 bits per heavy atom. The van der Waals surface area contributed by atoms with E-state index in [2.05, 4.69) is 20.2 Å². The van der Waals surface area contributed by atoms with Gasteiger partial charge in [0.05, 0.1) is 10.6 Å². The Labute approximate surface area is 173 Å². The van der Waals surface area contributed by atoms with E-state index < -0.39 is 15.8 Å². The van der Waals surface area contributed by atoms with Crippen molar-refractivity contribution in [3.8, 4) is 11.1 Å². The number of fused-ring (bicyclic) bond motifs is 2. The van der Waals surface area contributed by atoms with Crippen LogP contribution in [0, 0.1) is 5.82 Å². The molecule has 0 fully saturated rings. The molecule has 0 radical (unpaired) electrons. The molecule has 152 valence electrons. The molecule has 3 aliphatic heterocycles. The van der Waals surface area contributed by atoms with Gasteiger partial charge in [0.1, 0.15) is 29.6 Å². The summed E-state index contributed by atoms with van der Waals surface area (Å²) in [5, 5.41) is 8.68. The van der Waals surface area contributed by atoms with E-state index in [9.17, 15) is 12.8 Å². The Kier molecular flexibility index (Phi) is 4.26. The molecule has 0 aromatic heterocycles. The molecule has 30 heavy (non-hydrogen) atoms. The predicted octanol–water partition coefficient (Wildman–Crippen LogP) is 4.02. The highest BCUT2D eigenvalue weighted by molar-refractivity contribution is 7.89. The number of sulfonamides is 1. The van der Waals surface area contributed by atoms with Crippen molar-refractivity contribution in [2.24, 2.45) is 20.2 Å². The van der Waals surface area contributed by atoms with Gasteiger partial charge in [-0.1, -0.05) is 13.0 Å². The van der Waals surface area contributed by atoms with Gasteiger partial charge < -0.3 is 0 Å². The van der Waals surface area contributed by atoms with Crippen LogP contribution in [0.1, 0.15) is 24.5 Å². The van der Waals surface area contributed by atoms with E-state index in [1.165, 1.54) is 29.8 Å². The summed E-state index contributed by atoms with van der Waals surface area (Å²) in [5.41, 5.74) is 4.29. The van der Waals surface area contributed by atoms with Gasteiger partial charge in [0, 0.05) is 24.7 Å². The lowest BCUT2D eigenvalue weighted by Crippen LogP contribution is -2.21. The average molecular weight is 423 g/mol. The molecular formula is C21H18FN5O2S. The predicted molar refractivity (Wildman–Crippen MR) is 112 cm³/mol. The third-order valence-electron chi connectivity index (χ3n) is 5.54. The van der Waals surface area contributed by atoms with Crippen LogP contribution in [0.3, 0.4) is 0 Å². The van der Waals surface area contributed by atoms with Crippen LogP contribution in [0.2, 0.25) is 0 Å². The number of hydrogen-bond donors (Lipinski definition) is 0. The van der Waals surface area contributed by atoms with Gasteiger partial charge in [-0.05, 0) is 47.9 Å². The van der Waals surface area contributed by atoms with Crippen molar-refractivity contribution < 1.29 is 12.8 Å². The fourth-order valence-electron chi connectivity index (χ4n) is 3.91. The first-order valence-electron chi connectivity index (χ1n) is 9.55. The second-order valence-corrected chi connectivity index (χ2v) is 9.39. The molecule has 9 heteroatoms. The van der Waals surface area contributed by atoms with E-state index in [1.807, 2.05) is 6.92 Å². The summed E-state index contributed by atoms with van der Waals surface area (Å²) in [7, 11) is -1.93. The number of benzene rings is 2. The minimum absolute atomic E-state index is 0.123. The van der Waals surface area contributed by atoms with E-state index in [1.54, 1.807) is 24.3 Å². The lowest BCUT2D eigenvalue weighted by molar-refractivity contribution is 0.488. The monoisotopic (exact) mass is 423 g/mol. The van der Waals surface area contributed by atoms with Gasteiger partial charge in [0.15, 0.2) is 0 Å². The third kappa shape index (κ3) is 2.77. The van der Waals surface area contributed by atoms with Gasteiger partial charge in [-0.2, -0.15) is 14.5 Å². The molecule has 2 aromatic carbocycles. The number of hydrogen-bond acceptors (Lipinski definition) is 6. The summed E-state index contributed by atoms with van der Waals surface area (Å²) in [4.78, 5) is 8.93. The SMILES string of the molecule is CCC1N=NC(c2ccc(F)c(-c3ccc4c(c3)CN(C)S4(=O)=O)c2)=C2N=CN=C21. The summed E-state index contributed by atoms with van der Waals surface area (Å²) in [6.07, 6.45) is 2.26. The highest BCUT2D eigenvalue weighted by Gasteiger charge is 2.32. The molecule has 1 unspecified atom stereocenters. The summed E-state index contributed by atoms with van der Waals surface area (Å²) in [6.45, 7) is 2.28. The van der Waals surface area contributed by atoms with Crippen molar-refractivity contribution in [2.45, 2.75) is 30.8 Å². The molecule has 0 aliphatic carbocycles. The van der Waals surface area contributed by atoms with Gasteiger partial charge in [-0.3, -0.25) is 0 Å². The molecule has 2 aromatic rings. The van der Waals surface area contributed by atoms with Crippen molar-refractivity contribution in [2.75, 3.05) is 7.05 Å². The van der Waals surface area contributed by atoms with Gasteiger partial charge in [0.25, 0.3) is 0 Å². The van der Waals surface area contributed by atoms with Crippen LogP contribution in [0.25, 0.3) is 16.8 Å². The zero-order valence-electron chi connectivity index (χ0n) is 16.4. The van der Waals surface area contributed by atoms with Crippen molar-refractivity contribution in [3.63, 3.8) is 0 Å². The van der Waals surface area contributed by atoms with E-state index in [0.29, 0.717) is 33.6 Å². The molecular weight excluding hydrogens is 405 g/mol. The lowest BCUT2D eigenvalue weighted by Gasteiger charge is -2.17.